The van der Waals surface area contributed by atoms with E-state index in [1.165, 1.54) is 16.7 Å². The van der Waals surface area contributed by atoms with Crippen molar-refractivity contribution >= 4 is 10.8 Å². The van der Waals surface area contributed by atoms with Gasteiger partial charge in [0.15, 0.2) is 0 Å². The predicted molar refractivity (Wildman–Crippen MR) is 89.7 cm³/mol. The maximum atomic E-state index is 12.5. The third kappa shape index (κ3) is 5.02. The molecule has 0 radical (unpaired) electrons. The van der Waals surface area contributed by atoms with Crippen molar-refractivity contribution in [2.24, 2.45) is 0 Å². The highest BCUT2D eigenvalue weighted by Gasteiger charge is 2.24. The largest absolute Gasteiger partial charge is 0.309 e. The maximum Gasteiger partial charge on any atom is 0.0439 e. The Bertz CT molecular complexity index is 463. The summed E-state index contributed by atoms with van der Waals surface area (Å²) < 4.78 is 12.3. The second-order valence-corrected chi connectivity index (χ2v) is 8.74. The Labute approximate surface area is 126 Å². The average Bonchev–Trinajstić information content (AvgIpc) is 2.33. The van der Waals surface area contributed by atoms with Crippen LogP contribution in [0.15, 0.2) is 18.2 Å². The van der Waals surface area contributed by atoms with Crippen LogP contribution >= 0.6 is 0 Å². The van der Waals surface area contributed by atoms with Crippen LogP contribution in [0, 0.1) is 13.8 Å². The molecule has 0 spiro atoms. The standard InChI is InChI=1S/C17H29NOS/c1-7-10-18-16(12-20(19)17(4,5)6)15-9-8-13(2)11-14(15)3/h8-9,11,16,18H,7,10,12H2,1-6H3. The van der Waals surface area contributed by atoms with Gasteiger partial charge in [0.05, 0.1) is 0 Å². The molecule has 2 unspecified atom stereocenters. The molecule has 0 saturated carbocycles. The van der Waals surface area contributed by atoms with Crippen molar-refractivity contribution in [3.63, 3.8) is 0 Å². The monoisotopic (exact) mass is 295 g/mol. The molecular formula is C17H29NOS. The van der Waals surface area contributed by atoms with E-state index in [1.807, 2.05) is 20.8 Å². The van der Waals surface area contributed by atoms with E-state index in [9.17, 15) is 4.21 Å². The molecule has 1 aromatic rings. The fraction of sp³-hybridized carbons (Fsp3) is 0.647. The molecule has 0 aliphatic rings. The highest BCUT2D eigenvalue weighted by Crippen LogP contribution is 2.23. The second-order valence-electron chi connectivity index (χ2n) is 6.49. The fourth-order valence-corrected chi connectivity index (χ4v) is 3.30. The van der Waals surface area contributed by atoms with Gasteiger partial charge < -0.3 is 5.32 Å². The highest BCUT2D eigenvalue weighted by molar-refractivity contribution is 7.86. The summed E-state index contributed by atoms with van der Waals surface area (Å²) in [5.41, 5.74) is 3.84. The minimum atomic E-state index is -0.847. The van der Waals surface area contributed by atoms with Gasteiger partial charge in [-0.2, -0.15) is 0 Å². The van der Waals surface area contributed by atoms with E-state index < -0.39 is 10.8 Å². The van der Waals surface area contributed by atoms with Crippen LogP contribution in [0.4, 0.5) is 0 Å². The Morgan fingerprint density at radius 3 is 2.40 bits per heavy atom. The molecule has 0 fully saturated rings. The van der Waals surface area contributed by atoms with Crippen LogP contribution < -0.4 is 5.32 Å². The van der Waals surface area contributed by atoms with Gasteiger partial charge in [0.25, 0.3) is 0 Å². The molecule has 3 heteroatoms. The Morgan fingerprint density at radius 2 is 1.90 bits per heavy atom. The predicted octanol–water partition coefficient (Wildman–Crippen LogP) is 3.89. The van der Waals surface area contributed by atoms with Crippen LogP contribution in [0.25, 0.3) is 0 Å². The summed E-state index contributed by atoms with van der Waals surface area (Å²) in [7, 11) is -0.847. The molecule has 0 bridgehead atoms. The van der Waals surface area contributed by atoms with E-state index in [2.05, 4.69) is 44.3 Å². The van der Waals surface area contributed by atoms with Crippen molar-refractivity contribution in [1.82, 2.24) is 5.32 Å². The zero-order valence-corrected chi connectivity index (χ0v) is 14.6. The van der Waals surface area contributed by atoms with Gasteiger partial charge in [-0.15, -0.1) is 0 Å². The van der Waals surface area contributed by atoms with Gasteiger partial charge in [-0.05, 0) is 58.7 Å². The van der Waals surface area contributed by atoms with E-state index in [-0.39, 0.29) is 10.8 Å². The lowest BCUT2D eigenvalue weighted by Crippen LogP contribution is -2.33. The number of hydrogen-bond acceptors (Lipinski definition) is 2. The van der Waals surface area contributed by atoms with E-state index in [4.69, 9.17) is 0 Å². The van der Waals surface area contributed by atoms with Gasteiger partial charge in [-0.3, -0.25) is 4.21 Å². The van der Waals surface area contributed by atoms with Crippen LogP contribution in [-0.4, -0.2) is 21.3 Å². The van der Waals surface area contributed by atoms with E-state index in [1.54, 1.807) is 0 Å². The molecule has 1 aromatic carbocycles. The van der Waals surface area contributed by atoms with Crippen molar-refractivity contribution < 1.29 is 4.21 Å². The zero-order valence-electron chi connectivity index (χ0n) is 13.7. The normalized spacial score (nSPS) is 15.1. The molecule has 1 rings (SSSR count). The summed E-state index contributed by atoms with van der Waals surface area (Å²) in [6, 6.07) is 6.70. The first-order valence-corrected chi connectivity index (χ1v) is 8.76. The third-order valence-electron chi connectivity index (χ3n) is 3.44. The van der Waals surface area contributed by atoms with Gasteiger partial charge in [0.2, 0.25) is 0 Å². The Balaban J connectivity index is 2.97. The minimum Gasteiger partial charge on any atom is -0.309 e. The summed E-state index contributed by atoms with van der Waals surface area (Å²) >= 11 is 0. The second kappa shape index (κ2) is 7.37. The Kier molecular flexibility index (Phi) is 6.41. The molecule has 0 heterocycles. The summed E-state index contributed by atoms with van der Waals surface area (Å²) in [6.45, 7) is 13.5. The quantitative estimate of drug-likeness (QED) is 0.862. The van der Waals surface area contributed by atoms with Crippen molar-refractivity contribution in [2.75, 3.05) is 12.3 Å². The molecule has 2 atom stereocenters. The van der Waals surface area contributed by atoms with Crippen LogP contribution in [0.3, 0.4) is 0 Å². The summed E-state index contributed by atoms with van der Waals surface area (Å²) in [5, 5.41) is 3.56. The molecule has 2 nitrogen and oxygen atoms in total. The van der Waals surface area contributed by atoms with Crippen LogP contribution in [0.2, 0.25) is 0 Å². The average molecular weight is 295 g/mol. The van der Waals surface area contributed by atoms with Gasteiger partial charge >= 0.3 is 0 Å². The van der Waals surface area contributed by atoms with Crippen molar-refractivity contribution in [2.45, 2.75) is 58.8 Å². The van der Waals surface area contributed by atoms with Gasteiger partial charge in [0, 0.05) is 27.3 Å². The van der Waals surface area contributed by atoms with E-state index in [0.29, 0.717) is 5.75 Å². The van der Waals surface area contributed by atoms with Crippen molar-refractivity contribution in [3.05, 3.63) is 34.9 Å². The van der Waals surface area contributed by atoms with Gasteiger partial charge in [-0.25, -0.2) is 0 Å². The lowest BCUT2D eigenvalue weighted by Gasteiger charge is -2.25. The Hall–Kier alpha value is -0.670. The third-order valence-corrected chi connectivity index (χ3v) is 5.44. The summed E-state index contributed by atoms with van der Waals surface area (Å²) in [5.74, 6) is 0.674. The molecule has 0 saturated heterocycles. The first-order valence-electron chi connectivity index (χ1n) is 7.44. The summed E-state index contributed by atoms with van der Waals surface area (Å²) in [4.78, 5) is 0. The van der Waals surface area contributed by atoms with E-state index >= 15 is 0 Å². The van der Waals surface area contributed by atoms with Gasteiger partial charge in [-0.1, -0.05) is 30.7 Å². The lowest BCUT2D eigenvalue weighted by atomic mass is 10.00. The molecule has 0 aromatic heterocycles. The topological polar surface area (TPSA) is 29.1 Å². The Morgan fingerprint density at radius 1 is 1.25 bits per heavy atom. The maximum absolute atomic E-state index is 12.5. The van der Waals surface area contributed by atoms with Crippen molar-refractivity contribution in [1.29, 1.82) is 0 Å². The molecule has 1 N–H and O–H groups in total. The molecule has 20 heavy (non-hydrogen) atoms. The lowest BCUT2D eigenvalue weighted by molar-refractivity contribution is 0.561. The molecule has 0 amide bonds. The number of hydrogen-bond donors (Lipinski definition) is 1. The fourth-order valence-electron chi connectivity index (χ4n) is 2.20. The molecule has 0 aliphatic heterocycles. The first kappa shape index (κ1) is 17.4. The molecule has 0 aliphatic carbocycles. The van der Waals surface area contributed by atoms with Crippen LogP contribution in [0.5, 0.6) is 0 Å². The SMILES string of the molecule is CCCNC(CS(=O)C(C)(C)C)c1ccc(C)cc1C. The first-order chi connectivity index (χ1) is 9.25. The van der Waals surface area contributed by atoms with Crippen molar-refractivity contribution in [3.8, 4) is 0 Å². The number of rotatable bonds is 6. The smallest absolute Gasteiger partial charge is 0.0439 e. The zero-order chi connectivity index (χ0) is 15.3. The molecule has 114 valence electrons. The van der Waals surface area contributed by atoms with Crippen LogP contribution in [0.1, 0.15) is 56.8 Å². The molecular weight excluding hydrogens is 266 g/mol. The summed E-state index contributed by atoms with van der Waals surface area (Å²) in [6.07, 6.45) is 1.09. The minimum absolute atomic E-state index is 0.162. The number of benzene rings is 1. The van der Waals surface area contributed by atoms with Crippen LogP contribution in [-0.2, 0) is 10.8 Å². The van der Waals surface area contributed by atoms with E-state index in [0.717, 1.165) is 13.0 Å². The van der Waals surface area contributed by atoms with Gasteiger partial charge in [0.1, 0.15) is 0 Å². The number of nitrogens with one attached hydrogen (secondary N) is 1. The number of aryl methyl sites for hydroxylation is 2. The highest BCUT2D eigenvalue weighted by atomic mass is 32.2.